The molecule has 0 amide bonds. The van der Waals surface area contributed by atoms with Gasteiger partial charge in [-0.25, -0.2) is 0 Å². The lowest BCUT2D eigenvalue weighted by molar-refractivity contribution is 0.668. The molecule has 13 aromatic rings. The van der Waals surface area contributed by atoms with Gasteiger partial charge < -0.3 is 13.3 Å². The number of nitrogens with zero attached hydrogens (tertiary/aromatic N) is 3. The highest BCUT2D eigenvalue weighted by molar-refractivity contribution is 6.10. The molecular weight excluding hydrogens is 775 g/mol. The molecule has 0 radical (unpaired) electrons. The summed E-state index contributed by atoms with van der Waals surface area (Å²) in [5.41, 5.74) is 18.4. The zero-order valence-electron chi connectivity index (χ0n) is 33.6. The molecule has 6 heteroatoms. The Bertz CT molecular complexity index is 3490. The molecule has 63 heavy (non-hydrogen) atoms. The standard InChI is InChI=1S/C57H33N3O3/c1-7-52-46(28-37(1)34-13-19-58-20-14-34)49-31-40(4-10-55(49)61-52)43-25-44(41-5-11-56-50(32-41)47-29-38(2-8-53(47)62-56)35-15-21-59-22-16-35)27-45(26-43)42-6-12-57-51(33-42)48-30-39(3-9-54(48)63-57)36-17-23-60-24-18-36/h1-33H. The molecule has 0 atom stereocenters. The summed E-state index contributed by atoms with van der Waals surface area (Å²) in [5.74, 6) is 0. The molecule has 6 aromatic heterocycles. The Labute approximate surface area is 360 Å². The number of hydrogen-bond acceptors (Lipinski definition) is 6. The smallest absolute Gasteiger partial charge is 0.135 e. The molecule has 13 rings (SSSR count). The summed E-state index contributed by atoms with van der Waals surface area (Å²) in [6.07, 6.45) is 11.0. The number of furan rings is 3. The van der Waals surface area contributed by atoms with E-state index in [2.05, 4.69) is 142 Å². The third-order valence-corrected chi connectivity index (χ3v) is 12.4. The topological polar surface area (TPSA) is 78.1 Å². The van der Waals surface area contributed by atoms with Gasteiger partial charge in [0.25, 0.3) is 0 Å². The third kappa shape index (κ3) is 5.99. The molecule has 0 fully saturated rings. The summed E-state index contributed by atoms with van der Waals surface area (Å²) in [6.45, 7) is 0. The van der Waals surface area contributed by atoms with E-state index in [4.69, 9.17) is 13.3 Å². The van der Waals surface area contributed by atoms with Gasteiger partial charge in [-0.05, 0) is 194 Å². The molecule has 0 saturated heterocycles. The van der Waals surface area contributed by atoms with Crippen LogP contribution in [0.1, 0.15) is 0 Å². The largest absolute Gasteiger partial charge is 0.456 e. The van der Waals surface area contributed by atoms with Crippen LogP contribution in [-0.2, 0) is 0 Å². The highest BCUT2D eigenvalue weighted by Crippen LogP contribution is 2.41. The first-order valence-corrected chi connectivity index (χ1v) is 20.9. The summed E-state index contributed by atoms with van der Waals surface area (Å²) in [4.78, 5) is 12.7. The van der Waals surface area contributed by atoms with Crippen LogP contribution in [0.4, 0.5) is 0 Å². The van der Waals surface area contributed by atoms with Gasteiger partial charge in [0.15, 0.2) is 0 Å². The monoisotopic (exact) mass is 807 g/mol. The predicted molar refractivity (Wildman–Crippen MR) is 254 cm³/mol. The average Bonchev–Trinajstić information content (AvgIpc) is 4.04. The van der Waals surface area contributed by atoms with E-state index in [1.165, 1.54) is 0 Å². The van der Waals surface area contributed by atoms with Crippen molar-refractivity contribution < 1.29 is 13.3 Å². The van der Waals surface area contributed by atoms with Gasteiger partial charge in [-0.1, -0.05) is 36.4 Å². The van der Waals surface area contributed by atoms with Crippen molar-refractivity contribution in [3.63, 3.8) is 0 Å². The molecule has 0 N–H and O–H groups in total. The lowest BCUT2D eigenvalue weighted by Gasteiger charge is -2.12. The number of pyridine rings is 3. The van der Waals surface area contributed by atoms with Gasteiger partial charge in [0.05, 0.1) is 0 Å². The van der Waals surface area contributed by atoms with Crippen LogP contribution in [0.2, 0.25) is 0 Å². The van der Waals surface area contributed by atoms with Crippen molar-refractivity contribution in [1.82, 2.24) is 15.0 Å². The zero-order chi connectivity index (χ0) is 41.4. The zero-order valence-corrected chi connectivity index (χ0v) is 33.6. The third-order valence-electron chi connectivity index (χ3n) is 12.4. The first kappa shape index (κ1) is 35.2. The van der Waals surface area contributed by atoms with Crippen LogP contribution in [0, 0.1) is 0 Å². The highest BCUT2D eigenvalue weighted by Gasteiger charge is 2.17. The molecule has 0 aliphatic heterocycles. The second kappa shape index (κ2) is 14.0. The minimum absolute atomic E-state index is 0.851. The van der Waals surface area contributed by atoms with Crippen molar-refractivity contribution in [3.8, 4) is 66.8 Å². The fourth-order valence-corrected chi connectivity index (χ4v) is 9.17. The van der Waals surface area contributed by atoms with Gasteiger partial charge >= 0.3 is 0 Å². The minimum atomic E-state index is 0.851. The molecule has 0 spiro atoms. The number of fused-ring (bicyclic) bond motifs is 9. The minimum Gasteiger partial charge on any atom is -0.456 e. The maximum absolute atomic E-state index is 6.39. The summed E-state index contributed by atoms with van der Waals surface area (Å²) in [5, 5.41) is 6.42. The molecule has 0 aliphatic rings. The molecule has 0 aliphatic carbocycles. The van der Waals surface area contributed by atoms with Crippen LogP contribution < -0.4 is 0 Å². The Balaban J connectivity index is 0.995. The van der Waals surface area contributed by atoms with E-state index in [0.29, 0.717) is 0 Å². The molecule has 0 unspecified atom stereocenters. The van der Waals surface area contributed by atoms with Gasteiger partial charge in [0.1, 0.15) is 33.5 Å². The second-order valence-electron chi connectivity index (χ2n) is 16.1. The number of benzene rings is 7. The molecule has 0 saturated carbocycles. The second-order valence-corrected chi connectivity index (χ2v) is 16.1. The van der Waals surface area contributed by atoms with Gasteiger partial charge in [-0.2, -0.15) is 0 Å². The Morgan fingerprint density at radius 3 is 0.619 bits per heavy atom. The van der Waals surface area contributed by atoms with E-state index < -0.39 is 0 Å². The van der Waals surface area contributed by atoms with Crippen molar-refractivity contribution >= 4 is 65.8 Å². The maximum atomic E-state index is 6.39. The summed E-state index contributed by atoms with van der Waals surface area (Å²) in [7, 11) is 0. The van der Waals surface area contributed by atoms with Crippen molar-refractivity contribution in [1.29, 1.82) is 0 Å². The van der Waals surface area contributed by atoms with Crippen LogP contribution in [0.3, 0.4) is 0 Å². The van der Waals surface area contributed by atoms with Crippen molar-refractivity contribution in [2.24, 2.45) is 0 Å². The normalized spacial score (nSPS) is 11.8. The fraction of sp³-hybridized carbons (Fsp3) is 0. The van der Waals surface area contributed by atoms with Crippen LogP contribution in [0.25, 0.3) is 133 Å². The maximum Gasteiger partial charge on any atom is 0.135 e. The van der Waals surface area contributed by atoms with Crippen molar-refractivity contribution in [2.75, 3.05) is 0 Å². The Morgan fingerprint density at radius 2 is 0.397 bits per heavy atom. The highest BCUT2D eigenvalue weighted by atomic mass is 16.3. The number of rotatable bonds is 6. The molecule has 7 aromatic carbocycles. The molecule has 0 bridgehead atoms. The van der Waals surface area contributed by atoms with E-state index >= 15 is 0 Å². The number of hydrogen-bond donors (Lipinski definition) is 0. The lowest BCUT2D eigenvalue weighted by Crippen LogP contribution is -1.87. The SMILES string of the molecule is c1cc(-c2ccc3oc4ccc(-c5cc(-c6ccc7oc8ccc(-c9ccncc9)cc8c7c6)cc(-c6ccc7oc8ccc(-c9ccncc9)cc8c7c6)c5)cc4c3c2)ccn1. The van der Waals surface area contributed by atoms with E-state index in [-0.39, 0.29) is 0 Å². The fourth-order valence-electron chi connectivity index (χ4n) is 9.17. The molecule has 294 valence electrons. The Hall–Kier alpha value is -8.61. The van der Waals surface area contributed by atoms with Gasteiger partial charge in [0, 0.05) is 69.5 Å². The Morgan fingerprint density at radius 1 is 0.190 bits per heavy atom. The van der Waals surface area contributed by atoms with E-state index in [9.17, 15) is 0 Å². The van der Waals surface area contributed by atoms with Crippen LogP contribution in [-0.4, -0.2) is 15.0 Å². The lowest BCUT2D eigenvalue weighted by atomic mass is 9.91. The van der Waals surface area contributed by atoms with E-state index in [1.54, 1.807) is 0 Å². The number of aromatic nitrogens is 3. The van der Waals surface area contributed by atoms with Crippen molar-refractivity contribution in [2.45, 2.75) is 0 Å². The average molecular weight is 808 g/mol. The van der Waals surface area contributed by atoms with Gasteiger partial charge in [-0.15, -0.1) is 0 Å². The van der Waals surface area contributed by atoms with Gasteiger partial charge in [0.2, 0.25) is 0 Å². The summed E-state index contributed by atoms with van der Waals surface area (Å²) in [6, 6.07) is 57.9. The van der Waals surface area contributed by atoms with Crippen LogP contribution in [0.15, 0.2) is 214 Å². The predicted octanol–water partition coefficient (Wildman–Crippen LogP) is 15.6. The molecule has 6 nitrogen and oxygen atoms in total. The summed E-state index contributed by atoms with van der Waals surface area (Å²) < 4.78 is 19.2. The van der Waals surface area contributed by atoms with Crippen molar-refractivity contribution in [3.05, 3.63) is 201 Å². The van der Waals surface area contributed by atoms with Gasteiger partial charge in [-0.3, -0.25) is 15.0 Å². The first-order valence-electron chi connectivity index (χ1n) is 20.9. The molecule has 6 heterocycles. The molecular formula is C57H33N3O3. The van der Waals surface area contributed by atoms with E-state index in [0.717, 1.165) is 133 Å². The van der Waals surface area contributed by atoms with Crippen LogP contribution in [0.5, 0.6) is 0 Å². The first-order chi connectivity index (χ1) is 31.1. The van der Waals surface area contributed by atoms with Crippen LogP contribution >= 0.6 is 0 Å². The van der Waals surface area contributed by atoms with E-state index in [1.807, 2.05) is 73.6 Å². The Kier molecular flexibility index (Phi) is 7.80. The summed E-state index contributed by atoms with van der Waals surface area (Å²) >= 11 is 0. The quantitative estimate of drug-likeness (QED) is 0.166.